The maximum absolute atomic E-state index is 13.6. The SMILES string of the molecule is Cc1cccc(C(C)C)c1NC(=O)[C@H](C)OC(=O)CSc1cc(F)ccc1F. The zero-order chi connectivity index (χ0) is 20.8. The van der Waals surface area contributed by atoms with Gasteiger partial charge in [0, 0.05) is 10.6 Å². The average Bonchev–Trinajstić information content (AvgIpc) is 2.63. The maximum Gasteiger partial charge on any atom is 0.317 e. The second-order valence-corrected chi connectivity index (χ2v) is 7.70. The van der Waals surface area contributed by atoms with Gasteiger partial charge in [0.1, 0.15) is 11.6 Å². The van der Waals surface area contributed by atoms with Gasteiger partial charge >= 0.3 is 5.97 Å². The number of esters is 1. The first-order valence-electron chi connectivity index (χ1n) is 8.86. The van der Waals surface area contributed by atoms with Gasteiger partial charge in [-0.15, -0.1) is 11.8 Å². The molecule has 0 aliphatic rings. The van der Waals surface area contributed by atoms with Crippen molar-refractivity contribution in [3.05, 3.63) is 59.2 Å². The van der Waals surface area contributed by atoms with Crippen molar-refractivity contribution in [2.45, 2.75) is 44.6 Å². The number of ether oxygens (including phenoxy) is 1. The van der Waals surface area contributed by atoms with Gasteiger partial charge in [0.15, 0.2) is 6.10 Å². The predicted molar refractivity (Wildman–Crippen MR) is 107 cm³/mol. The summed E-state index contributed by atoms with van der Waals surface area (Å²) in [6.45, 7) is 7.41. The number of halogens is 2. The van der Waals surface area contributed by atoms with E-state index in [0.29, 0.717) is 5.69 Å². The quantitative estimate of drug-likeness (QED) is 0.515. The molecule has 0 fully saturated rings. The van der Waals surface area contributed by atoms with E-state index in [1.54, 1.807) is 0 Å². The van der Waals surface area contributed by atoms with Gasteiger partial charge in [-0.2, -0.15) is 0 Å². The summed E-state index contributed by atoms with van der Waals surface area (Å²) in [7, 11) is 0. The molecule has 28 heavy (non-hydrogen) atoms. The summed E-state index contributed by atoms with van der Waals surface area (Å²) in [6, 6.07) is 8.76. The van der Waals surface area contributed by atoms with Gasteiger partial charge in [-0.1, -0.05) is 32.0 Å². The fourth-order valence-corrected chi connectivity index (χ4v) is 3.32. The Kier molecular flexibility index (Phi) is 7.57. The van der Waals surface area contributed by atoms with Gasteiger partial charge in [0.25, 0.3) is 5.91 Å². The van der Waals surface area contributed by atoms with E-state index in [0.717, 1.165) is 41.1 Å². The Hall–Kier alpha value is -2.41. The first kappa shape index (κ1) is 21.9. The third kappa shape index (κ3) is 5.79. The fourth-order valence-electron chi connectivity index (χ4n) is 2.58. The van der Waals surface area contributed by atoms with Crippen LogP contribution in [0.15, 0.2) is 41.3 Å². The Bertz CT molecular complexity index is 871. The molecule has 1 N–H and O–H groups in total. The van der Waals surface area contributed by atoms with E-state index >= 15 is 0 Å². The Balaban J connectivity index is 1.95. The van der Waals surface area contributed by atoms with E-state index in [2.05, 4.69) is 5.32 Å². The molecule has 0 saturated heterocycles. The highest BCUT2D eigenvalue weighted by atomic mass is 32.2. The molecule has 1 atom stereocenters. The lowest BCUT2D eigenvalue weighted by Crippen LogP contribution is -2.31. The lowest BCUT2D eigenvalue weighted by atomic mass is 9.98. The third-order valence-corrected chi connectivity index (χ3v) is 5.10. The normalized spacial score (nSPS) is 12.0. The van der Waals surface area contributed by atoms with Crippen molar-refractivity contribution in [3.63, 3.8) is 0 Å². The van der Waals surface area contributed by atoms with Crippen LogP contribution in [0.4, 0.5) is 14.5 Å². The highest BCUT2D eigenvalue weighted by molar-refractivity contribution is 8.00. The Morgan fingerprint density at radius 1 is 1.14 bits per heavy atom. The summed E-state index contributed by atoms with van der Waals surface area (Å²) in [5.41, 5.74) is 2.61. The molecule has 0 spiro atoms. The van der Waals surface area contributed by atoms with Crippen molar-refractivity contribution in [2.75, 3.05) is 11.1 Å². The summed E-state index contributed by atoms with van der Waals surface area (Å²) < 4.78 is 31.9. The standard InChI is InChI=1S/C21H23F2NO3S/c1-12(2)16-7-5-6-13(3)20(16)24-21(26)14(4)27-19(25)11-28-18-10-15(22)8-9-17(18)23/h5-10,12,14H,11H2,1-4H3,(H,24,26)/t14-/m0/s1. The second-order valence-electron chi connectivity index (χ2n) is 6.68. The minimum Gasteiger partial charge on any atom is -0.452 e. The number of hydrogen-bond acceptors (Lipinski definition) is 4. The van der Waals surface area contributed by atoms with Crippen molar-refractivity contribution >= 4 is 29.3 Å². The van der Waals surface area contributed by atoms with Gasteiger partial charge in [-0.3, -0.25) is 9.59 Å². The van der Waals surface area contributed by atoms with E-state index in [4.69, 9.17) is 4.74 Å². The van der Waals surface area contributed by atoms with Crippen LogP contribution in [-0.2, 0) is 14.3 Å². The molecule has 150 valence electrons. The van der Waals surface area contributed by atoms with Gasteiger partial charge < -0.3 is 10.1 Å². The number of carbonyl (C=O) groups is 2. The molecular weight excluding hydrogens is 384 g/mol. The summed E-state index contributed by atoms with van der Waals surface area (Å²) >= 11 is 0.815. The Morgan fingerprint density at radius 2 is 1.86 bits per heavy atom. The van der Waals surface area contributed by atoms with Crippen LogP contribution in [0.2, 0.25) is 0 Å². The van der Waals surface area contributed by atoms with Gasteiger partial charge in [-0.25, -0.2) is 8.78 Å². The minimum absolute atomic E-state index is 0.00976. The van der Waals surface area contributed by atoms with Crippen molar-refractivity contribution in [3.8, 4) is 0 Å². The zero-order valence-corrected chi connectivity index (χ0v) is 17.0. The van der Waals surface area contributed by atoms with E-state index < -0.39 is 29.6 Å². The fraction of sp³-hybridized carbons (Fsp3) is 0.333. The number of benzene rings is 2. The van der Waals surface area contributed by atoms with E-state index in [9.17, 15) is 18.4 Å². The average molecular weight is 407 g/mol. The van der Waals surface area contributed by atoms with E-state index in [1.165, 1.54) is 6.92 Å². The molecule has 0 saturated carbocycles. The first-order valence-corrected chi connectivity index (χ1v) is 9.85. The third-order valence-electron chi connectivity index (χ3n) is 4.09. The molecule has 2 aromatic rings. The molecule has 0 aliphatic heterocycles. The molecule has 2 aromatic carbocycles. The van der Waals surface area contributed by atoms with Crippen LogP contribution in [0.25, 0.3) is 0 Å². The maximum atomic E-state index is 13.6. The molecule has 2 rings (SSSR count). The predicted octanol–water partition coefficient (Wildman–Crippen LogP) is 5.06. The summed E-state index contributed by atoms with van der Waals surface area (Å²) in [4.78, 5) is 24.4. The topological polar surface area (TPSA) is 55.4 Å². The van der Waals surface area contributed by atoms with Crippen LogP contribution >= 0.6 is 11.8 Å². The van der Waals surface area contributed by atoms with Gasteiger partial charge in [-0.05, 0) is 49.1 Å². The number of hydrogen-bond donors (Lipinski definition) is 1. The summed E-state index contributed by atoms with van der Waals surface area (Å²) in [6.07, 6.45) is -1.02. The van der Waals surface area contributed by atoms with E-state index in [-0.39, 0.29) is 16.6 Å². The molecule has 0 radical (unpaired) electrons. The van der Waals surface area contributed by atoms with Crippen molar-refractivity contribution in [1.82, 2.24) is 0 Å². The van der Waals surface area contributed by atoms with Crippen LogP contribution in [-0.4, -0.2) is 23.7 Å². The number of thioether (sulfide) groups is 1. The smallest absolute Gasteiger partial charge is 0.317 e. The number of amides is 1. The lowest BCUT2D eigenvalue weighted by molar-refractivity contribution is -0.150. The Labute approximate surface area is 167 Å². The molecule has 0 unspecified atom stereocenters. The van der Waals surface area contributed by atoms with Crippen molar-refractivity contribution < 1.29 is 23.1 Å². The monoisotopic (exact) mass is 407 g/mol. The van der Waals surface area contributed by atoms with Gasteiger partial charge in [0.2, 0.25) is 0 Å². The zero-order valence-electron chi connectivity index (χ0n) is 16.2. The highest BCUT2D eigenvalue weighted by Gasteiger charge is 2.21. The number of nitrogens with one attached hydrogen (secondary N) is 1. The molecular formula is C21H23F2NO3S. The number of para-hydroxylation sites is 1. The number of carbonyl (C=O) groups excluding carboxylic acids is 2. The molecule has 4 nitrogen and oxygen atoms in total. The van der Waals surface area contributed by atoms with E-state index in [1.807, 2.05) is 39.0 Å². The molecule has 0 aliphatic carbocycles. The minimum atomic E-state index is -1.02. The lowest BCUT2D eigenvalue weighted by Gasteiger charge is -2.19. The van der Waals surface area contributed by atoms with Crippen LogP contribution in [0.3, 0.4) is 0 Å². The highest BCUT2D eigenvalue weighted by Crippen LogP contribution is 2.28. The summed E-state index contributed by atoms with van der Waals surface area (Å²) in [5, 5.41) is 2.82. The summed E-state index contributed by atoms with van der Waals surface area (Å²) in [5.74, 6) is -2.38. The second kappa shape index (κ2) is 9.68. The molecule has 0 heterocycles. The molecule has 1 amide bonds. The number of aryl methyl sites for hydroxylation is 1. The van der Waals surface area contributed by atoms with Crippen molar-refractivity contribution in [2.24, 2.45) is 0 Å². The van der Waals surface area contributed by atoms with Crippen LogP contribution < -0.4 is 5.32 Å². The van der Waals surface area contributed by atoms with Crippen LogP contribution in [0.1, 0.15) is 37.8 Å². The molecule has 7 heteroatoms. The first-order chi connectivity index (χ1) is 13.2. The van der Waals surface area contributed by atoms with Crippen LogP contribution in [0.5, 0.6) is 0 Å². The molecule has 0 bridgehead atoms. The number of anilines is 1. The largest absolute Gasteiger partial charge is 0.452 e. The van der Waals surface area contributed by atoms with Crippen molar-refractivity contribution in [1.29, 1.82) is 0 Å². The van der Waals surface area contributed by atoms with Gasteiger partial charge in [0.05, 0.1) is 5.75 Å². The Morgan fingerprint density at radius 3 is 2.54 bits per heavy atom. The van der Waals surface area contributed by atoms with Crippen LogP contribution in [0, 0.1) is 18.6 Å². The number of rotatable bonds is 7. The molecule has 0 aromatic heterocycles.